The van der Waals surface area contributed by atoms with Gasteiger partial charge in [0.1, 0.15) is 0 Å². The molecule has 0 saturated carbocycles. The first-order valence-corrected chi connectivity index (χ1v) is 4.66. The molecule has 3 N–H and O–H groups in total. The van der Waals surface area contributed by atoms with Crippen LogP contribution < -0.4 is 11.1 Å². The molecule has 2 aromatic rings. The van der Waals surface area contributed by atoms with Gasteiger partial charge in [-0.2, -0.15) is 5.10 Å². The van der Waals surface area contributed by atoms with E-state index in [1.165, 1.54) is 12.4 Å². The van der Waals surface area contributed by atoms with E-state index in [1.54, 1.807) is 30.2 Å². The Morgan fingerprint density at radius 3 is 2.94 bits per heavy atom. The number of nitrogen functional groups attached to an aromatic ring is 1. The molecule has 0 unspecified atom stereocenters. The summed E-state index contributed by atoms with van der Waals surface area (Å²) in [5.74, 6) is -0.293. The van der Waals surface area contributed by atoms with Gasteiger partial charge in [0, 0.05) is 31.3 Å². The van der Waals surface area contributed by atoms with Crippen LogP contribution in [0.3, 0.4) is 0 Å². The summed E-state index contributed by atoms with van der Waals surface area (Å²) in [6.07, 6.45) is 6.23. The maximum atomic E-state index is 11.8. The van der Waals surface area contributed by atoms with Crippen molar-refractivity contribution < 1.29 is 4.79 Å². The van der Waals surface area contributed by atoms with Crippen molar-refractivity contribution in [2.75, 3.05) is 11.1 Å². The Labute approximate surface area is 92.1 Å². The smallest absolute Gasteiger partial charge is 0.259 e. The first kappa shape index (κ1) is 10.2. The lowest BCUT2D eigenvalue weighted by Crippen LogP contribution is -2.13. The molecule has 16 heavy (non-hydrogen) atoms. The predicted octanol–water partition coefficient (Wildman–Crippen LogP) is 0.650. The summed E-state index contributed by atoms with van der Waals surface area (Å²) in [7, 11) is 1.77. The average Bonchev–Trinajstić information content (AvgIpc) is 2.64. The van der Waals surface area contributed by atoms with Crippen molar-refractivity contribution >= 4 is 17.3 Å². The first-order valence-electron chi connectivity index (χ1n) is 4.66. The second-order valence-corrected chi connectivity index (χ2v) is 3.32. The van der Waals surface area contributed by atoms with E-state index in [0.717, 1.165) is 0 Å². The number of aromatic nitrogens is 3. The van der Waals surface area contributed by atoms with E-state index in [-0.39, 0.29) is 5.91 Å². The minimum Gasteiger partial charge on any atom is -0.398 e. The molecule has 2 aromatic heterocycles. The second-order valence-electron chi connectivity index (χ2n) is 3.32. The van der Waals surface area contributed by atoms with Gasteiger partial charge in [0.2, 0.25) is 0 Å². The number of aryl methyl sites for hydroxylation is 1. The number of hydrogen-bond donors (Lipinski definition) is 2. The van der Waals surface area contributed by atoms with Crippen LogP contribution in [0.25, 0.3) is 0 Å². The van der Waals surface area contributed by atoms with Crippen LogP contribution in [-0.2, 0) is 7.05 Å². The zero-order valence-corrected chi connectivity index (χ0v) is 8.71. The molecule has 0 aliphatic carbocycles. The number of rotatable bonds is 2. The molecule has 0 bridgehead atoms. The molecule has 0 fully saturated rings. The molecule has 6 nitrogen and oxygen atoms in total. The summed E-state index contributed by atoms with van der Waals surface area (Å²) >= 11 is 0. The number of carbonyl (C=O) groups excluding carboxylic acids is 1. The molecule has 0 spiro atoms. The molecule has 1 amide bonds. The normalized spacial score (nSPS) is 10.1. The second kappa shape index (κ2) is 4.01. The van der Waals surface area contributed by atoms with Crippen LogP contribution in [-0.4, -0.2) is 20.7 Å². The van der Waals surface area contributed by atoms with Crippen molar-refractivity contribution in [3.63, 3.8) is 0 Å². The zero-order chi connectivity index (χ0) is 11.5. The number of hydrogen-bond acceptors (Lipinski definition) is 4. The highest BCUT2D eigenvalue weighted by atomic mass is 16.1. The summed E-state index contributed by atoms with van der Waals surface area (Å²) in [5.41, 5.74) is 7.03. The van der Waals surface area contributed by atoms with Crippen molar-refractivity contribution in [2.45, 2.75) is 0 Å². The average molecular weight is 217 g/mol. The molecule has 0 aliphatic rings. The number of nitrogens with two attached hydrogens (primary N) is 1. The molecule has 0 saturated heterocycles. The summed E-state index contributed by atoms with van der Waals surface area (Å²) < 4.78 is 1.60. The van der Waals surface area contributed by atoms with Crippen molar-refractivity contribution in [1.29, 1.82) is 0 Å². The molecule has 0 atom stereocenters. The van der Waals surface area contributed by atoms with E-state index in [2.05, 4.69) is 15.4 Å². The van der Waals surface area contributed by atoms with Crippen LogP contribution >= 0.6 is 0 Å². The Hall–Kier alpha value is -2.37. The van der Waals surface area contributed by atoms with Crippen molar-refractivity contribution in [1.82, 2.24) is 14.8 Å². The maximum absolute atomic E-state index is 11.8. The van der Waals surface area contributed by atoms with Crippen LogP contribution in [0.2, 0.25) is 0 Å². The van der Waals surface area contributed by atoms with Gasteiger partial charge in [-0.1, -0.05) is 0 Å². The minimum absolute atomic E-state index is 0.293. The van der Waals surface area contributed by atoms with Crippen molar-refractivity contribution in [3.8, 4) is 0 Å². The Morgan fingerprint density at radius 1 is 1.50 bits per heavy atom. The zero-order valence-electron chi connectivity index (χ0n) is 8.71. The lowest BCUT2D eigenvalue weighted by molar-refractivity contribution is 0.102. The van der Waals surface area contributed by atoms with Gasteiger partial charge in [0.15, 0.2) is 0 Å². The highest BCUT2D eigenvalue weighted by Gasteiger charge is 2.10. The molecular weight excluding hydrogens is 206 g/mol. The summed E-state index contributed by atoms with van der Waals surface area (Å²) in [6, 6.07) is 1.58. The molecule has 6 heteroatoms. The predicted molar refractivity (Wildman–Crippen MR) is 59.8 cm³/mol. The Bertz CT molecular complexity index is 519. The number of nitrogens with one attached hydrogen (secondary N) is 1. The summed E-state index contributed by atoms with van der Waals surface area (Å²) in [5, 5.41) is 6.62. The quantitative estimate of drug-likeness (QED) is 0.773. The van der Waals surface area contributed by atoms with Gasteiger partial charge < -0.3 is 11.1 Å². The third kappa shape index (κ3) is 2.00. The number of carbonyl (C=O) groups is 1. The monoisotopic (exact) mass is 217 g/mol. The van der Waals surface area contributed by atoms with E-state index in [9.17, 15) is 4.79 Å². The van der Waals surface area contributed by atoms with Gasteiger partial charge in [-0.05, 0) is 6.07 Å². The molecule has 82 valence electrons. The fourth-order valence-corrected chi connectivity index (χ4v) is 1.28. The van der Waals surface area contributed by atoms with Gasteiger partial charge >= 0.3 is 0 Å². The van der Waals surface area contributed by atoms with E-state index in [4.69, 9.17) is 5.73 Å². The Balaban J connectivity index is 2.18. The highest BCUT2D eigenvalue weighted by molar-refractivity contribution is 6.07. The summed E-state index contributed by atoms with van der Waals surface area (Å²) in [6.45, 7) is 0. The highest BCUT2D eigenvalue weighted by Crippen LogP contribution is 2.12. The fraction of sp³-hybridized carbons (Fsp3) is 0.100. The summed E-state index contributed by atoms with van der Waals surface area (Å²) in [4.78, 5) is 15.6. The van der Waals surface area contributed by atoms with Crippen LogP contribution in [0.4, 0.5) is 11.4 Å². The molecule has 0 radical (unpaired) electrons. The van der Waals surface area contributed by atoms with Gasteiger partial charge in [-0.15, -0.1) is 0 Å². The van der Waals surface area contributed by atoms with Crippen LogP contribution in [0, 0.1) is 0 Å². The third-order valence-corrected chi connectivity index (χ3v) is 2.06. The van der Waals surface area contributed by atoms with Gasteiger partial charge in [-0.25, -0.2) is 0 Å². The third-order valence-electron chi connectivity index (χ3n) is 2.06. The lowest BCUT2D eigenvalue weighted by Gasteiger charge is -2.04. The number of pyridine rings is 1. The van der Waals surface area contributed by atoms with Crippen LogP contribution in [0.5, 0.6) is 0 Å². The number of nitrogens with zero attached hydrogens (tertiary/aromatic N) is 3. The van der Waals surface area contributed by atoms with E-state index < -0.39 is 0 Å². The van der Waals surface area contributed by atoms with Crippen molar-refractivity contribution in [3.05, 3.63) is 36.4 Å². The standard InChI is InChI=1S/C10H11N5O/c1-15-6-7(4-13-15)14-10(16)8-5-12-3-2-9(8)11/h2-6H,1H3,(H2,11,12)(H,14,16). The van der Waals surface area contributed by atoms with E-state index in [1.807, 2.05) is 0 Å². The molecule has 0 aliphatic heterocycles. The maximum Gasteiger partial charge on any atom is 0.259 e. The van der Waals surface area contributed by atoms with E-state index >= 15 is 0 Å². The molecule has 0 aromatic carbocycles. The fourth-order valence-electron chi connectivity index (χ4n) is 1.28. The van der Waals surface area contributed by atoms with Crippen LogP contribution in [0.15, 0.2) is 30.9 Å². The van der Waals surface area contributed by atoms with E-state index in [0.29, 0.717) is 16.9 Å². The molecular formula is C10H11N5O. The number of amides is 1. The number of anilines is 2. The first-order chi connectivity index (χ1) is 7.66. The van der Waals surface area contributed by atoms with Crippen molar-refractivity contribution in [2.24, 2.45) is 7.05 Å². The topological polar surface area (TPSA) is 85.8 Å². The SMILES string of the molecule is Cn1cc(NC(=O)c2cnccc2N)cn1. The Morgan fingerprint density at radius 2 is 2.31 bits per heavy atom. The molecule has 2 rings (SSSR count). The minimum atomic E-state index is -0.293. The van der Waals surface area contributed by atoms with Crippen LogP contribution in [0.1, 0.15) is 10.4 Å². The van der Waals surface area contributed by atoms with Gasteiger partial charge in [0.05, 0.1) is 17.4 Å². The van der Waals surface area contributed by atoms with Gasteiger partial charge in [-0.3, -0.25) is 14.5 Å². The lowest BCUT2D eigenvalue weighted by atomic mass is 10.2. The Kier molecular flexibility index (Phi) is 2.55. The van der Waals surface area contributed by atoms with Gasteiger partial charge in [0.25, 0.3) is 5.91 Å². The molecule has 2 heterocycles. The largest absolute Gasteiger partial charge is 0.398 e.